The third kappa shape index (κ3) is 7.12. The molecule has 134 valence electrons. The summed E-state index contributed by atoms with van der Waals surface area (Å²) in [6, 6.07) is 4.19. The van der Waals surface area contributed by atoms with Gasteiger partial charge < -0.3 is 9.64 Å². The van der Waals surface area contributed by atoms with Crippen molar-refractivity contribution in [2.75, 3.05) is 24.6 Å². The lowest BCUT2D eigenvalue weighted by atomic mass is 9.99. The number of thioether (sulfide) groups is 1. The van der Waals surface area contributed by atoms with Crippen molar-refractivity contribution in [1.29, 1.82) is 0 Å². The summed E-state index contributed by atoms with van der Waals surface area (Å²) < 4.78 is 5.44. The van der Waals surface area contributed by atoms with Crippen LogP contribution < -0.4 is 0 Å². The van der Waals surface area contributed by atoms with E-state index < -0.39 is 5.60 Å². The zero-order valence-electron chi connectivity index (χ0n) is 15.2. The van der Waals surface area contributed by atoms with Crippen molar-refractivity contribution in [2.24, 2.45) is 5.92 Å². The molecule has 0 aromatic carbocycles. The predicted molar refractivity (Wildman–Crippen MR) is 100 cm³/mol. The minimum atomic E-state index is -0.404. The first-order valence-electron chi connectivity index (χ1n) is 8.88. The van der Waals surface area contributed by atoms with Crippen LogP contribution in [0.3, 0.4) is 0 Å². The largest absolute Gasteiger partial charge is 0.444 e. The van der Waals surface area contributed by atoms with Crippen LogP contribution in [0.25, 0.3) is 0 Å². The molecule has 0 unspecified atom stereocenters. The van der Waals surface area contributed by atoms with E-state index in [2.05, 4.69) is 17.1 Å². The third-order valence-electron chi connectivity index (χ3n) is 4.12. The normalized spacial score (nSPS) is 16.2. The molecule has 2 rings (SSSR count). The molecule has 5 heteroatoms. The van der Waals surface area contributed by atoms with Crippen molar-refractivity contribution in [2.45, 2.75) is 52.1 Å². The number of ether oxygens (including phenoxy) is 1. The molecule has 2 heterocycles. The van der Waals surface area contributed by atoms with E-state index in [1.807, 2.05) is 49.8 Å². The van der Waals surface area contributed by atoms with Crippen LogP contribution in [0.1, 0.15) is 45.6 Å². The fourth-order valence-electron chi connectivity index (χ4n) is 2.79. The van der Waals surface area contributed by atoms with Gasteiger partial charge in [-0.25, -0.2) is 4.79 Å². The van der Waals surface area contributed by atoms with Gasteiger partial charge in [0, 0.05) is 25.5 Å². The molecule has 0 radical (unpaired) electrons. The second-order valence-corrected chi connectivity index (χ2v) is 8.59. The Morgan fingerprint density at radius 2 is 1.96 bits per heavy atom. The van der Waals surface area contributed by atoms with E-state index in [-0.39, 0.29) is 6.09 Å². The van der Waals surface area contributed by atoms with Crippen molar-refractivity contribution in [3.63, 3.8) is 0 Å². The van der Waals surface area contributed by atoms with Crippen molar-refractivity contribution in [1.82, 2.24) is 9.88 Å². The standard InChI is InChI=1S/C19H30N2O2S/c1-19(2,3)23-18(22)21-12-8-17(9-13-21)15-24-14-4-5-16-6-10-20-11-7-16/h6-7,10-11,17H,4-5,8-9,12-15H2,1-3H3. The number of aryl methyl sites for hydroxylation is 1. The molecule has 1 aliphatic rings. The zero-order valence-corrected chi connectivity index (χ0v) is 16.0. The van der Waals surface area contributed by atoms with Crippen LogP contribution >= 0.6 is 11.8 Å². The number of pyridine rings is 1. The molecular weight excluding hydrogens is 320 g/mol. The summed E-state index contributed by atoms with van der Waals surface area (Å²) in [4.78, 5) is 18.0. The SMILES string of the molecule is CC(C)(C)OC(=O)N1CCC(CSCCCc2ccncc2)CC1. The number of amides is 1. The summed E-state index contributed by atoms with van der Waals surface area (Å²) in [5.41, 5.74) is 0.967. The Balaban J connectivity index is 1.56. The lowest BCUT2D eigenvalue weighted by Gasteiger charge is -2.33. The molecule has 1 amide bonds. The number of nitrogens with zero attached hydrogens (tertiary/aromatic N) is 2. The molecule has 0 saturated carbocycles. The maximum Gasteiger partial charge on any atom is 0.410 e. The number of likely N-dealkylation sites (tertiary alicyclic amines) is 1. The van der Waals surface area contributed by atoms with E-state index in [0.29, 0.717) is 0 Å². The molecule has 0 atom stereocenters. The molecule has 0 bridgehead atoms. The van der Waals surface area contributed by atoms with Gasteiger partial charge in [0.05, 0.1) is 0 Å². The van der Waals surface area contributed by atoms with Crippen LogP contribution in [0.15, 0.2) is 24.5 Å². The highest BCUT2D eigenvalue weighted by Crippen LogP contribution is 2.23. The molecule has 1 aliphatic heterocycles. The summed E-state index contributed by atoms with van der Waals surface area (Å²) in [6.45, 7) is 7.41. The summed E-state index contributed by atoms with van der Waals surface area (Å²) in [6.07, 6.45) is 8.10. The second kappa shape index (κ2) is 9.30. The predicted octanol–water partition coefficient (Wildman–Crippen LogP) is 4.39. The average Bonchev–Trinajstić information content (AvgIpc) is 2.54. The highest BCUT2D eigenvalue weighted by Gasteiger charge is 2.26. The molecule has 1 aromatic rings. The van der Waals surface area contributed by atoms with Gasteiger partial charge in [-0.15, -0.1) is 0 Å². The summed E-state index contributed by atoms with van der Waals surface area (Å²) in [7, 11) is 0. The zero-order chi connectivity index (χ0) is 17.4. The number of carbonyl (C=O) groups excluding carboxylic acids is 1. The number of hydrogen-bond donors (Lipinski definition) is 0. The number of piperidine rings is 1. The first-order chi connectivity index (χ1) is 11.4. The van der Waals surface area contributed by atoms with Crippen LogP contribution in [-0.2, 0) is 11.2 Å². The first kappa shape index (κ1) is 19.1. The molecule has 1 aromatic heterocycles. The highest BCUT2D eigenvalue weighted by molar-refractivity contribution is 7.99. The molecule has 0 spiro atoms. The number of aromatic nitrogens is 1. The molecule has 1 fully saturated rings. The topological polar surface area (TPSA) is 42.4 Å². The van der Waals surface area contributed by atoms with E-state index in [4.69, 9.17) is 4.74 Å². The van der Waals surface area contributed by atoms with Gasteiger partial charge in [-0.2, -0.15) is 11.8 Å². The Labute approximate surface area is 150 Å². The fourth-order valence-corrected chi connectivity index (χ4v) is 3.97. The Morgan fingerprint density at radius 1 is 1.29 bits per heavy atom. The van der Waals surface area contributed by atoms with Crippen LogP contribution in [0.5, 0.6) is 0 Å². The first-order valence-corrected chi connectivity index (χ1v) is 10.0. The van der Waals surface area contributed by atoms with E-state index in [9.17, 15) is 4.79 Å². The van der Waals surface area contributed by atoms with Gasteiger partial charge in [-0.1, -0.05) is 0 Å². The summed E-state index contributed by atoms with van der Waals surface area (Å²) in [5.74, 6) is 3.14. The molecule has 0 aliphatic carbocycles. The average molecular weight is 351 g/mol. The fraction of sp³-hybridized carbons (Fsp3) is 0.684. The van der Waals surface area contributed by atoms with E-state index in [1.54, 1.807) is 0 Å². The van der Waals surface area contributed by atoms with Crippen molar-refractivity contribution >= 4 is 17.9 Å². The van der Waals surface area contributed by atoms with Gasteiger partial charge in [0.2, 0.25) is 0 Å². The highest BCUT2D eigenvalue weighted by atomic mass is 32.2. The Hall–Kier alpha value is -1.23. The second-order valence-electron chi connectivity index (χ2n) is 7.44. The Bertz CT molecular complexity index is 494. The van der Waals surface area contributed by atoms with Gasteiger partial charge in [-0.3, -0.25) is 4.98 Å². The summed E-state index contributed by atoms with van der Waals surface area (Å²) >= 11 is 2.05. The minimum absolute atomic E-state index is 0.161. The number of hydrogen-bond acceptors (Lipinski definition) is 4. The van der Waals surface area contributed by atoms with Crippen LogP contribution in [0.4, 0.5) is 4.79 Å². The number of carbonyl (C=O) groups is 1. The van der Waals surface area contributed by atoms with Crippen molar-refractivity contribution < 1.29 is 9.53 Å². The van der Waals surface area contributed by atoms with Crippen LogP contribution in [0, 0.1) is 5.92 Å². The quantitative estimate of drug-likeness (QED) is 0.714. The molecule has 4 nitrogen and oxygen atoms in total. The molecule has 1 saturated heterocycles. The van der Waals surface area contributed by atoms with Gasteiger partial charge in [0.1, 0.15) is 5.60 Å². The lowest BCUT2D eigenvalue weighted by Crippen LogP contribution is -2.42. The Kier molecular flexibility index (Phi) is 7.40. The molecule has 24 heavy (non-hydrogen) atoms. The molecule has 0 N–H and O–H groups in total. The van der Waals surface area contributed by atoms with Gasteiger partial charge >= 0.3 is 6.09 Å². The minimum Gasteiger partial charge on any atom is -0.444 e. The van der Waals surface area contributed by atoms with Crippen molar-refractivity contribution in [3.8, 4) is 0 Å². The number of rotatable bonds is 6. The lowest BCUT2D eigenvalue weighted by molar-refractivity contribution is 0.0191. The van der Waals surface area contributed by atoms with E-state index in [0.717, 1.165) is 38.3 Å². The Morgan fingerprint density at radius 3 is 2.58 bits per heavy atom. The molecular formula is C19H30N2O2S. The van der Waals surface area contributed by atoms with E-state index >= 15 is 0 Å². The van der Waals surface area contributed by atoms with Crippen LogP contribution in [0.2, 0.25) is 0 Å². The monoisotopic (exact) mass is 350 g/mol. The maximum atomic E-state index is 12.0. The van der Waals surface area contributed by atoms with Crippen molar-refractivity contribution in [3.05, 3.63) is 30.1 Å². The third-order valence-corrected chi connectivity index (χ3v) is 5.41. The maximum absolute atomic E-state index is 12.0. The van der Waals surface area contributed by atoms with Gasteiger partial charge in [0.25, 0.3) is 0 Å². The van der Waals surface area contributed by atoms with Gasteiger partial charge in [0.15, 0.2) is 0 Å². The summed E-state index contributed by atoms with van der Waals surface area (Å²) in [5, 5.41) is 0. The smallest absolute Gasteiger partial charge is 0.410 e. The van der Waals surface area contributed by atoms with Gasteiger partial charge in [-0.05, 0) is 81.6 Å². The van der Waals surface area contributed by atoms with Crippen LogP contribution in [-0.4, -0.2) is 46.2 Å². The van der Waals surface area contributed by atoms with E-state index in [1.165, 1.54) is 23.5 Å².